The summed E-state index contributed by atoms with van der Waals surface area (Å²) in [6, 6.07) is 0. The molecule has 0 spiro atoms. The van der Waals surface area contributed by atoms with E-state index in [1.165, 1.54) is 0 Å². The van der Waals surface area contributed by atoms with Crippen molar-refractivity contribution < 1.29 is 4.74 Å². The third-order valence-corrected chi connectivity index (χ3v) is 2.66. The Labute approximate surface area is 97.2 Å². The summed E-state index contributed by atoms with van der Waals surface area (Å²) in [6.07, 6.45) is 6.49. The van der Waals surface area contributed by atoms with Crippen LogP contribution in [0.5, 0.6) is 0 Å². The van der Waals surface area contributed by atoms with Gasteiger partial charge < -0.3 is 15.6 Å². The predicted molar refractivity (Wildman–Crippen MR) is 67.4 cm³/mol. The molecular formula is C13H20N2O. The first-order chi connectivity index (χ1) is 7.56. The first-order valence-electron chi connectivity index (χ1n) is 5.77. The molecular weight excluding hydrogens is 200 g/mol. The molecule has 16 heavy (non-hydrogen) atoms. The maximum absolute atomic E-state index is 7.88. The number of hydrogen-bond acceptors (Lipinski definition) is 3. The zero-order valence-electron chi connectivity index (χ0n) is 10.3. The molecule has 0 fully saturated rings. The molecule has 0 radical (unpaired) electrons. The van der Waals surface area contributed by atoms with E-state index in [1.807, 2.05) is 13.0 Å². The normalized spacial score (nSPS) is 18.3. The highest BCUT2D eigenvalue weighted by Gasteiger charge is 2.17. The van der Waals surface area contributed by atoms with E-state index < -0.39 is 0 Å². The minimum absolute atomic E-state index is 0.148. The number of nitrogens with one attached hydrogen (secondary N) is 2. The lowest BCUT2D eigenvalue weighted by molar-refractivity contribution is 0.121. The van der Waals surface area contributed by atoms with Crippen LogP contribution >= 0.6 is 0 Å². The molecule has 3 heteroatoms. The van der Waals surface area contributed by atoms with Gasteiger partial charge in [-0.15, -0.1) is 0 Å². The van der Waals surface area contributed by atoms with Crippen LogP contribution in [0.15, 0.2) is 23.5 Å². The second kappa shape index (κ2) is 5.64. The van der Waals surface area contributed by atoms with E-state index in [0.29, 0.717) is 17.0 Å². The average molecular weight is 220 g/mol. The Hall–Kier alpha value is -1.38. The molecule has 1 atom stereocenters. The van der Waals surface area contributed by atoms with Gasteiger partial charge in [-0.25, -0.2) is 0 Å². The fraction of sp³-hybridized carbons (Fsp3) is 0.538. The van der Waals surface area contributed by atoms with E-state index in [4.69, 9.17) is 15.6 Å². The Morgan fingerprint density at radius 1 is 1.56 bits per heavy atom. The molecule has 1 rings (SSSR count). The molecule has 88 valence electrons. The minimum atomic E-state index is 0.148. The van der Waals surface area contributed by atoms with Crippen molar-refractivity contribution in [2.75, 3.05) is 0 Å². The largest absolute Gasteiger partial charge is 0.494 e. The van der Waals surface area contributed by atoms with E-state index in [0.717, 1.165) is 25.0 Å². The number of rotatable bonds is 4. The Morgan fingerprint density at radius 2 is 2.25 bits per heavy atom. The molecule has 0 aromatic rings. The van der Waals surface area contributed by atoms with Crippen LogP contribution in [0.4, 0.5) is 0 Å². The molecule has 0 saturated heterocycles. The third kappa shape index (κ3) is 3.05. The lowest BCUT2D eigenvalue weighted by Gasteiger charge is -2.18. The van der Waals surface area contributed by atoms with Crippen molar-refractivity contribution in [3.63, 3.8) is 0 Å². The summed E-state index contributed by atoms with van der Waals surface area (Å²) in [5, 5.41) is 15.6. The number of ether oxygens (including phenoxy) is 1. The summed E-state index contributed by atoms with van der Waals surface area (Å²) in [6.45, 7) is 5.80. The highest BCUT2D eigenvalue weighted by molar-refractivity contribution is 6.25. The van der Waals surface area contributed by atoms with E-state index in [1.54, 1.807) is 13.0 Å². The first kappa shape index (κ1) is 12.7. The van der Waals surface area contributed by atoms with Gasteiger partial charge in [-0.1, -0.05) is 13.0 Å². The van der Waals surface area contributed by atoms with Crippen molar-refractivity contribution in [1.29, 1.82) is 10.8 Å². The molecule has 0 aliphatic heterocycles. The van der Waals surface area contributed by atoms with Gasteiger partial charge in [0.2, 0.25) is 0 Å². The van der Waals surface area contributed by atoms with Gasteiger partial charge in [0.15, 0.2) is 0 Å². The van der Waals surface area contributed by atoms with Crippen molar-refractivity contribution in [1.82, 2.24) is 0 Å². The molecule has 0 aromatic carbocycles. The van der Waals surface area contributed by atoms with Crippen LogP contribution in [0.2, 0.25) is 0 Å². The molecule has 0 saturated carbocycles. The molecule has 1 unspecified atom stereocenters. The minimum Gasteiger partial charge on any atom is -0.494 e. The van der Waals surface area contributed by atoms with Crippen molar-refractivity contribution in [3.05, 3.63) is 23.5 Å². The van der Waals surface area contributed by atoms with Crippen molar-refractivity contribution in [2.24, 2.45) is 0 Å². The van der Waals surface area contributed by atoms with Gasteiger partial charge in [0.05, 0.1) is 17.4 Å². The van der Waals surface area contributed by atoms with Gasteiger partial charge >= 0.3 is 0 Å². The van der Waals surface area contributed by atoms with E-state index in [9.17, 15) is 0 Å². The smallest absolute Gasteiger partial charge is 0.108 e. The topological polar surface area (TPSA) is 56.9 Å². The molecule has 3 nitrogen and oxygen atoms in total. The molecule has 0 amide bonds. The lowest BCUT2D eigenvalue weighted by Crippen LogP contribution is -2.14. The molecule has 0 bridgehead atoms. The average Bonchev–Trinajstić information content (AvgIpc) is 2.39. The SMILES string of the molecule is CCC(C)OC1=C(C(C)=N)C(=N)C=CCC1. The highest BCUT2D eigenvalue weighted by atomic mass is 16.5. The van der Waals surface area contributed by atoms with Crippen LogP contribution in [-0.4, -0.2) is 17.5 Å². The van der Waals surface area contributed by atoms with Crippen molar-refractivity contribution in [3.8, 4) is 0 Å². The summed E-state index contributed by atoms with van der Waals surface area (Å²) in [5.41, 5.74) is 1.47. The van der Waals surface area contributed by atoms with E-state index in [-0.39, 0.29) is 6.10 Å². The number of allylic oxidation sites excluding steroid dienone is 4. The van der Waals surface area contributed by atoms with Gasteiger partial charge in [0.25, 0.3) is 0 Å². The maximum atomic E-state index is 7.88. The van der Waals surface area contributed by atoms with E-state index >= 15 is 0 Å². The fourth-order valence-electron chi connectivity index (χ4n) is 1.63. The third-order valence-electron chi connectivity index (χ3n) is 2.66. The fourth-order valence-corrected chi connectivity index (χ4v) is 1.63. The van der Waals surface area contributed by atoms with Gasteiger partial charge in [-0.05, 0) is 32.8 Å². The van der Waals surface area contributed by atoms with Crippen LogP contribution in [0.25, 0.3) is 0 Å². The summed E-state index contributed by atoms with van der Waals surface area (Å²) in [4.78, 5) is 0. The summed E-state index contributed by atoms with van der Waals surface area (Å²) in [5.74, 6) is 0.803. The van der Waals surface area contributed by atoms with E-state index in [2.05, 4.69) is 6.92 Å². The summed E-state index contributed by atoms with van der Waals surface area (Å²) < 4.78 is 5.82. The highest BCUT2D eigenvalue weighted by Crippen LogP contribution is 2.21. The van der Waals surface area contributed by atoms with Crippen LogP contribution in [-0.2, 0) is 4.74 Å². The van der Waals surface area contributed by atoms with Crippen molar-refractivity contribution in [2.45, 2.75) is 46.1 Å². The Bertz CT molecular complexity index is 353. The zero-order chi connectivity index (χ0) is 12.1. The van der Waals surface area contributed by atoms with Gasteiger partial charge in [0, 0.05) is 12.1 Å². The Kier molecular flexibility index (Phi) is 4.47. The molecule has 1 aliphatic carbocycles. The second-order valence-electron chi connectivity index (χ2n) is 4.11. The molecule has 0 heterocycles. The van der Waals surface area contributed by atoms with Gasteiger partial charge in [-0.2, -0.15) is 0 Å². The van der Waals surface area contributed by atoms with Crippen molar-refractivity contribution >= 4 is 11.4 Å². The van der Waals surface area contributed by atoms with Crippen LogP contribution in [0.1, 0.15) is 40.0 Å². The Morgan fingerprint density at radius 3 is 2.81 bits per heavy atom. The molecule has 1 aliphatic rings. The van der Waals surface area contributed by atoms with Crippen LogP contribution in [0.3, 0.4) is 0 Å². The lowest BCUT2D eigenvalue weighted by atomic mass is 10.0. The second-order valence-corrected chi connectivity index (χ2v) is 4.11. The maximum Gasteiger partial charge on any atom is 0.108 e. The van der Waals surface area contributed by atoms with Crippen LogP contribution in [0, 0.1) is 10.8 Å². The molecule has 2 N–H and O–H groups in total. The van der Waals surface area contributed by atoms with Crippen LogP contribution < -0.4 is 0 Å². The monoisotopic (exact) mass is 220 g/mol. The Balaban J connectivity index is 3.01. The molecule has 0 aromatic heterocycles. The summed E-state index contributed by atoms with van der Waals surface area (Å²) >= 11 is 0. The predicted octanol–water partition coefficient (Wildman–Crippen LogP) is 3.47. The van der Waals surface area contributed by atoms with Gasteiger partial charge in [0.1, 0.15) is 5.76 Å². The standard InChI is InChI=1S/C13H20N2O/c1-4-9(2)16-12-8-6-5-7-11(15)13(12)10(3)14/h5,7,9,14-15H,4,6,8H2,1-3H3. The first-order valence-corrected chi connectivity index (χ1v) is 5.77. The van der Waals surface area contributed by atoms with Gasteiger partial charge in [-0.3, -0.25) is 0 Å². The quantitative estimate of drug-likeness (QED) is 0.700. The number of hydrogen-bond donors (Lipinski definition) is 2. The zero-order valence-corrected chi connectivity index (χ0v) is 10.3. The summed E-state index contributed by atoms with van der Waals surface area (Å²) in [7, 11) is 0.